The minimum atomic E-state index is -0.331. The highest BCUT2D eigenvalue weighted by Crippen LogP contribution is 2.14. The third-order valence-corrected chi connectivity index (χ3v) is 2.64. The summed E-state index contributed by atoms with van der Waals surface area (Å²) in [5.74, 6) is -0.331. The van der Waals surface area contributed by atoms with E-state index in [1.165, 1.54) is 6.07 Å². The van der Waals surface area contributed by atoms with Gasteiger partial charge in [0.05, 0.1) is 5.69 Å². The van der Waals surface area contributed by atoms with Crippen molar-refractivity contribution in [3.05, 3.63) is 57.5 Å². The molecule has 98 valence electrons. The molecule has 0 unspecified atom stereocenters. The average molecular weight is 278 g/mol. The van der Waals surface area contributed by atoms with Gasteiger partial charge in [0.1, 0.15) is 6.54 Å². The lowest BCUT2D eigenvalue weighted by Gasteiger charge is -2.07. The van der Waals surface area contributed by atoms with Gasteiger partial charge in [-0.1, -0.05) is 17.7 Å². The number of aryl methyl sites for hydroxylation is 1. The van der Waals surface area contributed by atoms with Crippen LogP contribution in [0.5, 0.6) is 0 Å². The number of nitrogens with zero attached hydrogens (tertiary/aromatic N) is 2. The Morgan fingerprint density at radius 1 is 1.37 bits per heavy atom. The van der Waals surface area contributed by atoms with Crippen molar-refractivity contribution in [2.75, 3.05) is 5.32 Å². The number of rotatable bonds is 3. The summed E-state index contributed by atoms with van der Waals surface area (Å²) in [4.78, 5) is 23.3. The third kappa shape index (κ3) is 3.66. The molecule has 1 amide bonds. The van der Waals surface area contributed by atoms with Gasteiger partial charge in [0.2, 0.25) is 5.91 Å². The number of nitrogens with one attached hydrogen (secondary N) is 1. The first-order valence-corrected chi connectivity index (χ1v) is 6.02. The Morgan fingerprint density at radius 2 is 2.16 bits per heavy atom. The number of benzene rings is 1. The first kappa shape index (κ1) is 13.3. The van der Waals surface area contributed by atoms with Gasteiger partial charge in [0.15, 0.2) is 0 Å². The molecule has 0 atom stereocenters. The molecule has 0 aliphatic heterocycles. The molecule has 5 nitrogen and oxygen atoms in total. The molecule has 1 N–H and O–H groups in total. The van der Waals surface area contributed by atoms with Crippen molar-refractivity contribution in [1.29, 1.82) is 0 Å². The van der Waals surface area contributed by atoms with Gasteiger partial charge in [0.25, 0.3) is 5.56 Å². The Hall–Kier alpha value is -2.14. The standard InChI is InChI=1S/C13H12ClN3O2/c1-9-5-6-13(19)17(16-9)8-12(18)15-11-4-2-3-10(14)7-11/h2-7H,8H2,1H3,(H,15,18). The lowest BCUT2D eigenvalue weighted by atomic mass is 10.3. The summed E-state index contributed by atoms with van der Waals surface area (Å²) < 4.78 is 1.12. The molecule has 0 aliphatic carbocycles. The molecular formula is C13H12ClN3O2. The van der Waals surface area contributed by atoms with Gasteiger partial charge in [-0.25, -0.2) is 4.68 Å². The predicted molar refractivity (Wildman–Crippen MR) is 73.3 cm³/mol. The normalized spacial score (nSPS) is 10.2. The van der Waals surface area contributed by atoms with Crippen LogP contribution >= 0.6 is 11.6 Å². The topological polar surface area (TPSA) is 64.0 Å². The highest BCUT2D eigenvalue weighted by molar-refractivity contribution is 6.30. The molecule has 0 radical (unpaired) electrons. The fourth-order valence-corrected chi connectivity index (χ4v) is 1.76. The minimum absolute atomic E-state index is 0.132. The number of halogens is 1. The van der Waals surface area contributed by atoms with Crippen molar-refractivity contribution < 1.29 is 4.79 Å². The molecule has 0 aliphatic rings. The number of anilines is 1. The lowest BCUT2D eigenvalue weighted by Crippen LogP contribution is -2.29. The monoisotopic (exact) mass is 277 g/mol. The first-order chi connectivity index (χ1) is 9.04. The molecule has 19 heavy (non-hydrogen) atoms. The van der Waals surface area contributed by atoms with Crippen LogP contribution in [0, 0.1) is 6.92 Å². The molecule has 6 heteroatoms. The molecule has 1 aromatic heterocycles. The summed E-state index contributed by atoms with van der Waals surface area (Å²) in [7, 11) is 0. The van der Waals surface area contributed by atoms with E-state index in [4.69, 9.17) is 11.6 Å². The second-order valence-corrected chi connectivity index (χ2v) is 4.47. The van der Waals surface area contributed by atoms with Crippen LogP contribution in [0.25, 0.3) is 0 Å². The van der Waals surface area contributed by atoms with Crippen molar-refractivity contribution in [3.63, 3.8) is 0 Å². The van der Waals surface area contributed by atoms with Crippen LogP contribution in [0.4, 0.5) is 5.69 Å². The third-order valence-electron chi connectivity index (χ3n) is 2.40. The summed E-state index contributed by atoms with van der Waals surface area (Å²) in [6.45, 7) is 1.62. The van der Waals surface area contributed by atoms with Crippen LogP contribution in [0.15, 0.2) is 41.2 Å². The van der Waals surface area contributed by atoms with Gasteiger partial charge >= 0.3 is 0 Å². The number of aromatic nitrogens is 2. The predicted octanol–water partition coefficient (Wildman–Crippen LogP) is 1.84. The highest BCUT2D eigenvalue weighted by Gasteiger charge is 2.06. The van der Waals surface area contributed by atoms with Crippen molar-refractivity contribution in [1.82, 2.24) is 9.78 Å². The number of hydrogen-bond donors (Lipinski definition) is 1. The van der Waals surface area contributed by atoms with Gasteiger partial charge in [0, 0.05) is 16.8 Å². The summed E-state index contributed by atoms with van der Waals surface area (Å²) in [6, 6.07) is 9.78. The first-order valence-electron chi connectivity index (χ1n) is 5.65. The zero-order chi connectivity index (χ0) is 13.8. The van der Waals surface area contributed by atoms with E-state index in [0.717, 1.165) is 4.68 Å². The van der Waals surface area contributed by atoms with Gasteiger partial charge in [-0.2, -0.15) is 5.10 Å². The van der Waals surface area contributed by atoms with Crippen molar-refractivity contribution in [2.24, 2.45) is 0 Å². The van der Waals surface area contributed by atoms with E-state index in [0.29, 0.717) is 16.4 Å². The minimum Gasteiger partial charge on any atom is -0.324 e. The molecule has 0 saturated heterocycles. The maximum atomic E-state index is 11.8. The number of amides is 1. The maximum absolute atomic E-state index is 11.8. The van der Waals surface area contributed by atoms with Crippen molar-refractivity contribution >= 4 is 23.2 Å². The number of hydrogen-bond acceptors (Lipinski definition) is 3. The van der Waals surface area contributed by atoms with Crippen molar-refractivity contribution in [3.8, 4) is 0 Å². The zero-order valence-electron chi connectivity index (χ0n) is 10.3. The summed E-state index contributed by atoms with van der Waals surface area (Å²) in [6.07, 6.45) is 0. The smallest absolute Gasteiger partial charge is 0.267 e. The average Bonchev–Trinajstić information content (AvgIpc) is 2.34. The zero-order valence-corrected chi connectivity index (χ0v) is 11.0. The van der Waals surface area contributed by atoms with E-state index in [9.17, 15) is 9.59 Å². The molecule has 2 rings (SSSR count). The van der Waals surface area contributed by atoms with Crippen LogP contribution < -0.4 is 10.9 Å². The summed E-state index contributed by atoms with van der Waals surface area (Å²) in [5, 5.41) is 7.18. The Labute approximate surface area is 114 Å². The molecule has 1 heterocycles. The van der Waals surface area contributed by atoms with E-state index in [2.05, 4.69) is 10.4 Å². The summed E-state index contributed by atoms with van der Waals surface area (Å²) in [5.41, 5.74) is 0.945. The number of carbonyl (C=O) groups is 1. The molecule has 0 bridgehead atoms. The SMILES string of the molecule is Cc1ccc(=O)n(CC(=O)Nc2cccc(Cl)c2)n1. The van der Waals surface area contributed by atoms with E-state index in [-0.39, 0.29) is 18.0 Å². The maximum Gasteiger partial charge on any atom is 0.267 e. The van der Waals surface area contributed by atoms with E-state index < -0.39 is 0 Å². The van der Waals surface area contributed by atoms with Gasteiger partial charge in [-0.15, -0.1) is 0 Å². The fourth-order valence-electron chi connectivity index (χ4n) is 1.57. The van der Waals surface area contributed by atoms with Gasteiger partial charge in [-0.3, -0.25) is 9.59 Å². The van der Waals surface area contributed by atoms with E-state index >= 15 is 0 Å². The summed E-state index contributed by atoms with van der Waals surface area (Å²) >= 11 is 5.82. The fraction of sp³-hybridized carbons (Fsp3) is 0.154. The number of carbonyl (C=O) groups excluding carboxylic acids is 1. The van der Waals surface area contributed by atoms with E-state index in [1.54, 1.807) is 37.3 Å². The molecule has 0 saturated carbocycles. The second-order valence-electron chi connectivity index (χ2n) is 4.03. The Kier molecular flexibility index (Phi) is 3.97. The molecule has 1 aromatic carbocycles. The van der Waals surface area contributed by atoms with Crippen molar-refractivity contribution in [2.45, 2.75) is 13.5 Å². The second kappa shape index (κ2) is 5.67. The molecule has 2 aromatic rings. The van der Waals surface area contributed by atoms with Crippen LogP contribution in [0.1, 0.15) is 5.69 Å². The van der Waals surface area contributed by atoms with Gasteiger partial charge < -0.3 is 5.32 Å². The highest BCUT2D eigenvalue weighted by atomic mass is 35.5. The van der Waals surface area contributed by atoms with Crippen LogP contribution in [0.3, 0.4) is 0 Å². The molecule has 0 spiro atoms. The Bertz CT molecular complexity index is 667. The Morgan fingerprint density at radius 3 is 2.89 bits per heavy atom. The largest absolute Gasteiger partial charge is 0.324 e. The molecular weight excluding hydrogens is 266 g/mol. The quantitative estimate of drug-likeness (QED) is 0.931. The molecule has 0 fully saturated rings. The van der Waals surface area contributed by atoms with Crippen LogP contribution in [0.2, 0.25) is 5.02 Å². The Balaban J connectivity index is 2.09. The lowest BCUT2D eigenvalue weighted by molar-refractivity contribution is -0.117. The van der Waals surface area contributed by atoms with E-state index in [1.807, 2.05) is 0 Å². The van der Waals surface area contributed by atoms with Crippen LogP contribution in [-0.4, -0.2) is 15.7 Å². The van der Waals surface area contributed by atoms with Crippen LogP contribution in [-0.2, 0) is 11.3 Å². The van der Waals surface area contributed by atoms with Gasteiger partial charge in [-0.05, 0) is 31.2 Å².